The van der Waals surface area contributed by atoms with E-state index < -0.39 is 28.6 Å². The van der Waals surface area contributed by atoms with Crippen LogP contribution in [0.4, 0.5) is 8.78 Å². The van der Waals surface area contributed by atoms with Crippen LogP contribution in [0, 0.1) is 24.0 Å². The molecule has 0 amide bonds. The topological polar surface area (TPSA) is 50.4 Å². The molecule has 2 rings (SSSR count). The molecule has 0 saturated carbocycles. The number of aromatic hydroxyl groups is 1. The SMILES string of the molecule is Cc1c(CC(C)(C)C)c(=O)oc2c(F)c(O)c(F)cc12. The number of hydrogen-bond acceptors (Lipinski definition) is 3. The van der Waals surface area contributed by atoms with Gasteiger partial charge in [-0.25, -0.2) is 9.18 Å². The van der Waals surface area contributed by atoms with Gasteiger partial charge < -0.3 is 9.52 Å². The minimum absolute atomic E-state index is 0.164. The lowest BCUT2D eigenvalue weighted by Gasteiger charge is -2.19. The Labute approximate surface area is 114 Å². The van der Waals surface area contributed by atoms with Crippen LogP contribution in [0.15, 0.2) is 15.3 Å². The summed E-state index contributed by atoms with van der Waals surface area (Å²) < 4.78 is 32.1. The van der Waals surface area contributed by atoms with Crippen LogP contribution in [0.25, 0.3) is 11.0 Å². The van der Waals surface area contributed by atoms with Crippen molar-refractivity contribution in [3.63, 3.8) is 0 Å². The maximum Gasteiger partial charge on any atom is 0.339 e. The van der Waals surface area contributed by atoms with Crippen molar-refractivity contribution in [2.45, 2.75) is 34.1 Å². The van der Waals surface area contributed by atoms with Crippen LogP contribution < -0.4 is 5.63 Å². The molecule has 5 heteroatoms. The fourth-order valence-electron chi connectivity index (χ4n) is 2.17. The predicted octanol–water partition coefficient (Wildman–Crippen LogP) is 3.67. The minimum atomic E-state index is -1.25. The molecule has 2 aromatic rings. The summed E-state index contributed by atoms with van der Waals surface area (Å²) >= 11 is 0. The molecule has 1 aromatic carbocycles. The Morgan fingerprint density at radius 2 is 1.90 bits per heavy atom. The van der Waals surface area contributed by atoms with Gasteiger partial charge in [-0.3, -0.25) is 0 Å². The molecular formula is C15H16F2O3. The average Bonchev–Trinajstić information content (AvgIpc) is 2.33. The molecule has 0 unspecified atom stereocenters. The first kappa shape index (κ1) is 14.5. The molecule has 0 aliphatic rings. The number of hydrogen-bond donors (Lipinski definition) is 1. The molecule has 20 heavy (non-hydrogen) atoms. The Morgan fingerprint density at radius 3 is 2.45 bits per heavy atom. The van der Waals surface area contributed by atoms with Crippen molar-refractivity contribution < 1.29 is 18.3 Å². The Balaban J connectivity index is 2.83. The van der Waals surface area contributed by atoms with E-state index in [2.05, 4.69) is 0 Å². The second-order valence-electron chi connectivity index (χ2n) is 6.13. The largest absolute Gasteiger partial charge is 0.503 e. The van der Waals surface area contributed by atoms with Gasteiger partial charge in [-0.15, -0.1) is 0 Å². The van der Waals surface area contributed by atoms with E-state index in [4.69, 9.17) is 4.42 Å². The highest BCUT2D eigenvalue weighted by Gasteiger charge is 2.22. The van der Waals surface area contributed by atoms with E-state index >= 15 is 0 Å². The van der Waals surface area contributed by atoms with Gasteiger partial charge in [0, 0.05) is 10.9 Å². The molecule has 0 aliphatic carbocycles. The number of phenols is 1. The van der Waals surface area contributed by atoms with Crippen LogP contribution in [0.3, 0.4) is 0 Å². The fourth-order valence-corrected chi connectivity index (χ4v) is 2.17. The fraction of sp³-hybridized carbons (Fsp3) is 0.400. The standard InChI is InChI=1S/C15H16F2O3/c1-7-8-5-10(16)12(18)11(17)13(8)20-14(19)9(7)6-15(2,3)4/h5,18H,6H2,1-4H3. The summed E-state index contributed by atoms with van der Waals surface area (Å²) in [7, 11) is 0. The number of benzene rings is 1. The number of aryl methyl sites for hydroxylation is 1. The molecule has 3 nitrogen and oxygen atoms in total. The van der Waals surface area contributed by atoms with Crippen LogP contribution in [0.5, 0.6) is 5.75 Å². The van der Waals surface area contributed by atoms with E-state index in [-0.39, 0.29) is 10.8 Å². The third-order valence-corrected chi connectivity index (χ3v) is 3.15. The molecule has 0 saturated heterocycles. The van der Waals surface area contributed by atoms with Crippen molar-refractivity contribution in [2.24, 2.45) is 5.41 Å². The van der Waals surface area contributed by atoms with Crippen molar-refractivity contribution in [3.05, 3.63) is 39.2 Å². The number of rotatable bonds is 1. The quantitative estimate of drug-likeness (QED) is 0.812. The van der Waals surface area contributed by atoms with Gasteiger partial charge in [0.05, 0.1) is 0 Å². The summed E-state index contributed by atoms with van der Waals surface area (Å²) in [5.74, 6) is -3.46. The Kier molecular flexibility index (Phi) is 3.32. The molecule has 1 N–H and O–H groups in total. The molecule has 0 bridgehead atoms. The second kappa shape index (κ2) is 4.58. The Hall–Kier alpha value is -1.91. The summed E-state index contributed by atoms with van der Waals surface area (Å²) in [6.45, 7) is 7.48. The van der Waals surface area contributed by atoms with Gasteiger partial charge in [0.25, 0.3) is 0 Å². The molecule has 1 heterocycles. The summed E-state index contributed by atoms with van der Waals surface area (Å²) in [6.07, 6.45) is 0.432. The third-order valence-electron chi connectivity index (χ3n) is 3.15. The zero-order valence-electron chi connectivity index (χ0n) is 11.8. The van der Waals surface area contributed by atoms with Gasteiger partial charge in [-0.2, -0.15) is 4.39 Å². The van der Waals surface area contributed by atoms with Crippen LogP contribution in [-0.2, 0) is 6.42 Å². The Morgan fingerprint density at radius 1 is 1.30 bits per heavy atom. The molecule has 0 radical (unpaired) electrons. The maximum atomic E-state index is 13.8. The van der Waals surface area contributed by atoms with Gasteiger partial charge in [0.1, 0.15) is 0 Å². The zero-order chi connectivity index (χ0) is 15.2. The molecule has 0 fully saturated rings. The van der Waals surface area contributed by atoms with Crippen LogP contribution in [0.1, 0.15) is 31.9 Å². The second-order valence-corrected chi connectivity index (χ2v) is 6.13. The van der Waals surface area contributed by atoms with Crippen molar-refractivity contribution in [3.8, 4) is 5.75 Å². The minimum Gasteiger partial charge on any atom is -0.503 e. The average molecular weight is 282 g/mol. The summed E-state index contributed by atoms with van der Waals surface area (Å²) in [6, 6.07) is 0.984. The van der Waals surface area contributed by atoms with E-state index in [1.165, 1.54) is 0 Å². The first-order chi connectivity index (χ1) is 9.11. The van der Waals surface area contributed by atoms with Crippen LogP contribution in [0.2, 0.25) is 0 Å². The highest BCUT2D eigenvalue weighted by Crippen LogP contribution is 2.32. The molecule has 108 valence electrons. The lowest BCUT2D eigenvalue weighted by molar-refractivity contribution is 0.386. The van der Waals surface area contributed by atoms with Gasteiger partial charge in [0.15, 0.2) is 17.1 Å². The van der Waals surface area contributed by atoms with E-state index in [0.29, 0.717) is 17.5 Å². The Bertz CT molecular complexity index is 740. The molecule has 0 spiro atoms. The summed E-state index contributed by atoms with van der Waals surface area (Å²) in [5.41, 5.74) is -0.362. The first-order valence-corrected chi connectivity index (χ1v) is 6.25. The van der Waals surface area contributed by atoms with Gasteiger partial charge in [0.2, 0.25) is 5.82 Å². The molecular weight excluding hydrogens is 266 g/mol. The highest BCUT2D eigenvalue weighted by atomic mass is 19.1. The maximum absolute atomic E-state index is 13.8. The van der Waals surface area contributed by atoms with Crippen molar-refractivity contribution >= 4 is 11.0 Å². The lowest BCUT2D eigenvalue weighted by atomic mass is 9.86. The monoisotopic (exact) mass is 282 g/mol. The smallest absolute Gasteiger partial charge is 0.339 e. The van der Waals surface area contributed by atoms with E-state index in [1.807, 2.05) is 20.8 Å². The van der Waals surface area contributed by atoms with E-state index in [0.717, 1.165) is 6.07 Å². The van der Waals surface area contributed by atoms with Gasteiger partial charge >= 0.3 is 5.63 Å². The number of fused-ring (bicyclic) bond motifs is 1. The number of halogens is 2. The van der Waals surface area contributed by atoms with E-state index in [1.54, 1.807) is 6.92 Å². The van der Waals surface area contributed by atoms with Crippen molar-refractivity contribution in [1.82, 2.24) is 0 Å². The first-order valence-electron chi connectivity index (χ1n) is 6.25. The van der Waals surface area contributed by atoms with Crippen LogP contribution >= 0.6 is 0 Å². The molecule has 1 aromatic heterocycles. The lowest BCUT2D eigenvalue weighted by Crippen LogP contribution is -2.19. The number of phenolic OH excluding ortho intramolecular Hbond substituents is 1. The molecule has 0 atom stereocenters. The van der Waals surface area contributed by atoms with Gasteiger partial charge in [-0.1, -0.05) is 20.8 Å². The zero-order valence-corrected chi connectivity index (χ0v) is 11.8. The summed E-state index contributed by atoms with van der Waals surface area (Å²) in [5, 5.41) is 9.39. The predicted molar refractivity (Wildman–Crippen MR) is 72.0 cm³/mol. The van der Waals surface area contributed by atoms with E-state index in [9.17, 15) is 18.7 Å². The normalized spacial score (nSPS) is 12.1. The van der Waals surface area contributed by atoms with Crippen molar-refractivity contribution in [1.29, 1.82) is 0 Å². The van der Waals surface area contributed by atoms with Gasteiger partial charge in [-0.05, 0) is 30.4 Å². The highest BCUT2D eigenvalue weighted by molar-refractivity contribution is 5.83. The third kappa shape index (κ3) is 2.40. The summed E-state index contributed by atoms with van der Waals surface area (Å²) in [4.78, 5) is 12.0. The molecule has 0 aliphatic heterocycles. The van der Waals surface area contributed by atoms with Crippen LogP contribution in [-0.4, -0.2) is 5.11 Å². The van der Waals surface area contributed by atoms with Crippen molar-refractivity contribution in [2.75, 3.05) is 0 Å².